The number of hydrogen-bond donors (Lipinski definition) is 1. The summed E-state index contributed by atoms with van der Waals surface area (Å²) in [5.74, 6) is -0.831. The molecule has 0 radical (unpaired) electrons. The van der Waals surface area contributed by atoms with E-state index in [0.717, 1.165) is 31.7 Å². The summed E-state index contributed by atoms with van der Waals surface area (Å²) < 4.78 is 13.8. The fourth-order valence-electron chi connectivity index (χ4n) is 3.46. The van der Waals surface area contributed by atoms with E-state index >= 15 is 0 Å². The van der Waals surface area contributed by atoms with Crippen molar-refractivity contribution in [3.05, 3.63) is 35.1 Å². The number of carbonyl (C=O) groups is 2. The molecule has 1 heterocycles. The summed E-state index contributed by atoms with van der Waals surface area (Å²) in [6.45, 7) is 4.45. The lowest BCUT2D eigenvalue weighted by Gasteiger charge is -2.37. The maximum Gasteiger partial charge on any atom is 0.232 e. The Morgan fingerprint density at radius 2 is 2.00 bits per heavy atom. The van der Waals surface area contributed by atoms with Gasteiger partial charge in [0, 0.05) is 19.1 Å². The van der Waals surface area contributed by atoms with Crippen molar-refractivity contribution in [2.24, 2.45) is 5.92 Å². The number of nitriles is 1. The Hall–Kier alpha value is -2.42. The van der Waals surface area contributed by atoms with Crippen LogP contribution in [-0.4, -0.2) is 35.8 Å². The number of likely N-dealkylation sites (tertiary alicyclic amines) is 1. The van der Waals surface area contributed by atoms with Gasteiger partial charge in [-0.05, 0) is 63.3 Å². The Morgan fingerprint density at radius 1 is 1.27 bits per heavy atom. The Bertz CT molecular complexity index is 765. The van der Waals surface area contributed by atoms with Crippen LogP contribution in [0.2, 0.25) is 0 Å². The molecule has 0 unspecified atom stereocenters. The lowest BCUT2D eigenvalue weighted by atomic mass is 9.81. The van der Waals surface area contributed by atoms with Crippen molar-refractivity contribution in [1.82, 2.24) is 10.2 Å². The zero-order valence-electron chi connectivity index (χ0n) is 15.2. The van der Waals surface area contributed by atoms with Crippen LogP contribution >= 0.6 is 0 Å². The molecule has 1 saturated heterocycles. The number of amides is 2. The van der Waals surface area contributed by atoms with Crippen LogP contribution < -0.4 is 5.32 Å². The maximum absolute atomic E-state index is 13.8. The van der Waals surface area contributed by atoms with E-state index in [0.29, 0.717) is 24.7 Å². The fourth-order valence-corrected chi connectivity index (χ4v) is 3.46. The molecular formula is C20H24FN3O2. The zero-order chi connectivity index (χ0) is 18.9. The van der Waals surface area contributed by atoms with Crippen molar-refractivity contribution in [1.29, 1.82) is 5.26 Å². The van der Waals surface area contributed by atoms with Gasteiger partial charge in [-0.3, -0.25) is 9.59 Å². The van der Waals surface area contributed by atoms with E-state index < -0.39 is 11.2 Å². The fraction of sp³-hybridized carbons (Fsp3) is 0.550. The molecule has 5 nitrogen and oxygen atoms in total. The molecule has 1 N–H and O–H groups in total. The highest BCUT2D eigenvalue weighted by Crippen LogP contribution is 2.30. The van der Waals surface area contributed by atoms with Crippen LogP contribution in [0, 0.1) is 23.1 Å². The third-order valence-corrected chi connectivity index (χ3v) is 5.29. The molecule has 3 rings (SSSR count). The Balaban J connectivity index is 1.75. The van der Waals surface area contributed by atoms with Crippen LogP contribution in [0.1, 0.15) is 50.7 Å². The monoisotopic (exact) mass is 357 g/mol. The quantitative estimate of drug-likeness (QED) is 0.900. The van der Waals surface area contributed by atoms with E-state index in [9.17, 15) is 14.0 Å². The average Bonchev–Trinajstić information content (AvgIpc) is 3.44. The number of rotatable bonds is 4. The molecule has 2 amide bonds. The number of benzene rings is 1. The number of halogens is 1. The van der Waals surface area contributed by atoms with Crippen LogP contribution in [0.25, 0.3) is 0 Å². The molecule has 2 fully saturated rings. The van der Waals surface area contributed by atoms with Gasteiger partial charge in [0.25, 0.3) is 0 Å². The van der Waals surface area contributed by atoms with Crippen molar-refractivity contribution < 1.29 is 14.0 Å². The van der Waals surface area contributed by atoms with Crippen molar-refractivity contribution in [2.45, 2.75) is 51.0 Å². The number of hydrogen-bond acceptors (Lipinski definition) is 3. The van der Waals surface area contributed by atoms with Gasteiger partial charge >= 0.3 is 0 Å². The molecule has 1 aromatic carbocycles. The normalized spacial score (nSPS) is 20.4. The highest BCUT2D eigenvalue weighted by molar-refractivity contribution is 5.88. The van der Waals surface area contributed by atoms with E-state index in [1.807, 2.05) is 6.07 Å². The molecule has 1 aromatic rings. The summed E-state index contributed by atoms with van der Waals surface area (Å²) in [7, 11) is 0. The standard InChI is InChI=1S/C20H24FN3O2/c1-20(2,15-8-13(11-22)9-16(21)10-15)19(26)24-7-3-4-14(12-24)18(25)23-17-5-6-17/h8-10,14,17H,3-7,12H2,1-2H3,(H,23,25)/t14-/m0/s1. The second-order valence-corrected chi connectivity index (χ2v) is 7.84. The summed E-state index contributed by atoms with van der Waals surface area (Å²) in [4.78, 5) is 27.2. The van der Waals surface area contributed by atoms with E-state index in [1.165, 1.54) is 6.07 Å². The minimum atomic E-state index is -0.970. The first-order valence-corrected chi connectivity index (χ1v) is 9.12. The largest absolute Gasteiger partial charge is 0.353 e. The van der Waals surface area contributed by atoms with E-state index in [1.54, 1.807) is 24.8 Å². The second kappa shape index (κ2) is 7.06. The molecule has 0 bridgehead atoms. The molecule has 1 atom stereocenters. The highest BCUT2D eigenvalue weighted by Gasteiger charge is 2.38. The van der Waals surface area contributed by atoms with Crippen molar-refractivity contribution >= 4 is 11.8 Å². The Kier molecular flexibility index (Phi) is 4.99. The SMILES string of the molecule is CC(C)(C(=O)N1CCC[C@H](C(=O)NC2CC2)C1)c1cc(F)cc(C#N)c1. The minimum absolute atomic E-state index is 0.0281. The van der Waals surface area contributed by atoms with Gasteiger partial charge in [-0.2, -0.15) is 5.26 Å². The third-order valence-electron chi connectivity index (χ3n) is 5.29. The molecule has 0 spiro atoms. The van der Waals surface area contributed by atoms with Gasteiger partial charge in [-0.15, -0.1) is 0 Å². The van der Waals surface area contributed by atoms with Crippen LogP contribution in [-0.2, 0) is 15.0 Å². The predicted octanol–water partition coefficient (Wildman–Crippen LogP) is 2.49. The van der Waals surface area contributed by atoms with Gasteiger partial charge in [0.05, 0.1) is 23.0 Å². The highest BCUT2D eigenvalue weighted by atomic mass is 19.1. The van der Waals surface area contributed by atoms with Gasteiger partial charge in [0.2, 0.25) is 11.8 Å². The first kappa shape index (κ1) is 18.4. The minimum Gasteiger partial charge on any atom is -0.353 e. The summed E-state index contributed by atoms with van der Waals surface area (Å²) >= 11 is 0. The van der Waals surface area contributed by atoms with E-state index in [2.05, 4.69) is 5.32 Å². The molecule has 2 aliphatic rings. The first-order valence-electron chi connectivity index (χ1n) is 9.12. The molecule has 1 saturated carbocycles. The van der Waals surface area contributed by atoms with Gasteiger partial charge in [0.1, 0.15) is 5.82 Å². The van der Waals surface area contributed by atoms with Crippen molar-refractivity contribution in [2.75, 3.05) is 13.1 Å². The zero-order valence-corrected chi connectivity index (χ0v) is 15.2. The van der Waals surface area contributed by atoms with Crippen LogP contribution in [0.3, 0.4) is 0 Å². The molecular weight excluding hydrogens is 333 g/mol. The predicted molar refractivity (Wildman–Crippen MR) is 94.6 cm³/mol. The lowest BCUT2D eigenvalue weighted by molar-refractivity contribution is -0.140. The third kappa shape index (κ3) is 3.87. The average molecular weight is 357 g/mol. The summed E-state index contributed by atoms with van der Waals surface area (Å²) in [5.41, 5.74) is -0.299. The summed E-state index contributed by atoms with van der Waals surface area (Å²) in [5, 5.41) is 12.1. The van der Waals surface area contributed by atoms with Crippen molar-refractivity contribution in [3.63, 3.8) is 0 Å². The molecule has 138 valence electrons. The van der Waals surface area contributed by atoms with Gasteiger partial charge in [0.15, 0.2) is 0 Å². The molecule has 26 heavy (non-hydrogen) atoms. The number of nitrogens with zero attached hydrogens (tertiary/aromatic N) is 2. The molecule has 0 aromatic heterocycles. The number of piperidine rings is 1. The Labute approximate surface area is 153 Å². The lowest BCUT2D eigenvalue weighted by Crippen LogP contribution is -2.50. The van der Waals surface area contributed by atoms with Crippen molar-refractivity contribution in [3.8, 4) is 6.07 Å². The van der Waals surface area contributed by atoms with Crippen LogP contribution in [0.15, 0.2) is 18.2 Å². The maximum atomic E-state index is 13.8. The van der Waals surface area contributed by atoms with Gasteiger partial charge in [-0.1, -0.05) is 0 Å². The van der Waals surface area contributed by atoms with Gasteiger partial charge < -0.3 is 10.2 Å². The topological polar surface area (TPSA) is 73.2 Å². The molecule has 1 aliphatic heterocycles. The summed E-state index contributed by atoms with van der Waals surface area (Å²) in [6, 6.07) is 6.25. The smallest absolute Gasteiger partial charge is 0.232 e. The first-order chi connectivity index (χ1) is 12.3. The van der Waals surface area contributed by atoms with Crippen LogP contribution in [0.4, 0.5) is 4.39 Å². The summed E-state index contributed by atoms with van der Waals surface area (Å²) in [6.07, 6.45) is 3.63. The Morgan fingerprint density at radius 3 is 2.65 bits per heavy atom. The number of nitrogens with one attached hydrogen (secondary N) is 1. The number of carbonyl (C=O) groups excluding carboxylic acids is 2. The van der Waals surface area contributed by atoms with Gasteiger partial charge in [-0.25, -0.2) is 4.39 Å². The van der Waals surface area contributed by atoms with E-state index in [4.69, 9.17) is 5.26 Å². The molecule has 1 aliphatic carbocycles. The van der Waals surface area contributed by atoms with Crippen LogP contribution in [0.5, 0.6) is 0 Å². The molecule has 6 heteroatoms. The van der Waals surface area contributed by atoms with E-state index in [-0.39, 0.29) is 23.3 Å². The second-order valence-electron chi connectivity index (χ2n) is 7.84.